The molecule has 4 nitrogen and oxygen atoms in total. The molecular weight excluding hydrogens is 398 g/mol. The largest absolute Gasteiger partial charge is 0.393 e. The van der Waals surface area contributed by atoms with Gasteiger partial charge in [0.15, 0.2) is 0 Å². The normalized spacial score (nSPS) is 61.8. The van der Waals surface area contributed by atoms with E-state index >= 15 is 0 Å². The molecule has 180 valence electrons. The fourth-order valence-corrected chi connectivity index (χ4v) is 11.3. The molecule has 0 spiro atoms. The van der Waals surface area contributed by atoms with E-state index < -0.39 is 5.60 Å². The Morgan fingerprint density at radius 1 is 0.906 bits per heavy atom. The first-order chi connectivity index (χ1) is 15.0. The second kappa shape index (κ2) is 7.04. The average Bonchev–Trinajstić information content (AvgIpc) is 3.08. The summed E-state index contributed by atoms with van der Waals surface area (Å²) in [6.45, 7) is 9.44. The predicted octanol–water partition coefficient (Wildman–Crippen LogP) is 4.03. The van der Waals surface area contributed by atoms with Crippen molar-refractivity contribution in [3.05, 3.63) is 0 Å². The second-order valence-electron chi connectivity index (χ2n) is 14.1. The predicted molar refractivity (Wildman–Crippen MR) is 125 cm³/mol. The Kier molecular flexibility index (Phi) is 4.85. The smallest absolute Gasteiger partial charge is 0.136 e. The Morgan fingerprint density at radius 2 is 1.69 bits per heavy atom. The molecule has 0 bridgehead atoms. The van der Waals surface area contributed by atoms with Gasteiger partial charge in [-0.3, -0.25) is 4.79 Å². The minimum Gasteiger partial charge on any atom is -0.393 e. The van der Waals surface area contributed by atoms with E-state index in [4.69, 9.17) is 0 Å². The third kappa shape index (κ3) is 2.87. The van der Waals surface area contributed by atoms with Crippen LogP contribution < -0.4 is 0 Å². The molecule has 2 N–H and O–H groups in total. The molecule has 6 aliphatic rings. The van der Waals surface area contributed by atoms with Crippen LogP contribution in [0.25, 0.3) is 0 Å². The summed E-state index contributed by atoms with van der Waals surface area (Å²) in [5, 5.41) is 22.3. The number of rotatable bonds is 0. The van der Waals surface area contributed by atoms with Gasteiger partial charge < -0.3 is 14.7 Å². The minimum atomic E-state index is -0.562. The Bertz CT molecular complexity index is 791. The van der Waals surface area contributed by atoms with Gasteiger partial charge in [-0.05, 0) is 81.0 Å². The standard InChI is InChI=1S/C28H46NO3/c1-16-5-8-26-28(3,32)22-7-6-18-19(21(22)15-29(26,4)14-16)12-23-20(18)13-25(31)24-11-17(30)9-10-27(23,24)2/h16-24,26,30,32H,5-15H2,1-4H3/q+1/t16-,17-,18+,19+,20-,21-,22+,23-,24+,26-,27+,28-,29?/m0/s1. The Labute approximate surface area is 194 Å². The molecule has 1 unspecified atom stereocenters. The quantitative estimate of drug-likeness (QED) is 0.555. The van der Waals surface area contributed by atoms with Crippen LogP contribution in [0.4, 0.5) is 0 Å². The molecule has 0 radical (unpaired) electrons. The number of carbonyl (C=O) groups excluding carboxylic acids is 1. The lowest BCUT2D eigenvalue weighted by Crippen LogP contribution is -2.74. The average molecular weight is 445 g/mol. The maximum absolute atomic E-state index is 13.3. The SMILES string of the molecule is C[C@H]1CC[C@H]2[C@@](C)(O)[C@@H]3CC[C@@H]4[C@@H](C[C@H]5[C@H]4CC(=O)[C@H]4C[C@@H](O)CC[C@@]45C)[C@@H]3C[N+]2(C)C1. The molecule has 13 atom stereocenters. The van der Waals surface area contributed by atoms with Crippen LogP contribution in [0.5, 0.6) is 0 Å². The van der Waals surface area contributed by atoms with Crippen molar-refractivity contribution < 1.29 is 19.5 Å². The van der Waals surface area contributed by atoms with E-state index in [1.54, 1.807) is 0 Å². The van der Waals surface area contributed by atoms with Gasteiger partial charge in [0.25, 0.3) is 0 Å². The van der Waals surface area contributed by atoms with Crippen molar-refractivity contribution in [1.82, 2.24) is 0 Å². The number of Topliss-reactive ketones (excluding diaryl/α,β-unsaturated/α-hetero) is 1. The number of piperidine rings is 2. The van der Waals surface area contributed by atoms with Gasteiger partial charge in [0.05, 0.1) is 26.2 Å². The Balaban J connectivity index is 1.33. The number of ketones is 1. The summed E-state index contributed by atoms with van der Waals surface area (Å²) in [7, 11) is 2.44. The Hall–Kier alpha value is -0.450. The van der Waals surface area contributed by atoms with E-state index in [1.165, 1.54) is 38.8 Å². The second-order valence-corrected chi connectivity index (χ2v) is 14.1. The summed E-state index contributed by atoms with van der Waals surface area (Å²) < 4.78 is 1.07. The number of carbonyl (C=O) groups is 1. The molecule has 2 saturated heterocycles. The summed E-state index contributed by atoms with van der Waals surface area (Å²) in [6, 6.07) is 0.392. The van der Waals surface area contributed by atoms with Crippen molar-refractivity contribution in [1.29, 1.82) is 0 Å². The van der Waals surface area contributed by atoms with Gasteiger partial charge in [-0.2, -0.15) is 0 Å². The molecule has 32 heavy (non-hydrogen) atoms. The van der Waals surface area contributed by atoms with Crippen LogP contribution in [0.1, 0.15) is 78.6 Å². The van der Waals surface area contributed by atoms with E-state index in [0.717, 1.165) is 36.1 Å². The summed E-state index contributed by atoms with van der Waals surface area (Å²) >= 11 is 0. The number of hydrogen-bond donors (Lipinski definition) is 2. The van der Waals surface area contributed by atoms with Crippen LogP contribution >= 0.6 is 0 Å². The summed E-state index contributed by atoms with van der Waals surface area (Å²) in [6.07, 6.45) is 9.13. The van der Waals surface area contributed by atoms with Gasteiger partial charge in [0, 0.05) is 36.5 Å². The lowest BCUT2D eigenvalue weighted by Gasteiger charge is -2.62. The summed E-state index contributed by atoms with van der Waals surface area (Å²) in [4.78, 5) is 13.3. The van der Waals surface area contributed by atoms with Gasteiger partial charge in [0.2, 0.25) is 0 Å². The number of aliphatic hydroxyl groups is 2. The fourth-order valence-electron chi connectivity index (χ4n) is 11.3. The Morgan fingerprint density at radius 3 is 2.47 bits per heavy atom. The van der Waals surface area contributed by atoms with Crippen molar-refractivity contribution in [2.45, 2.75) is 96.3 Å². The third-order valence-electron chi connectivity index (χ3n) is 12.5. The minimum absolute atomic E-state index is 0.0785. The monoisotopic (exact) mass is 444 g/mol. The zero-order chi connectivity index (χ0) is 22.6. The zero-order valence-corrected chi connectivity index (χ0v) is 20.8. The molecule has 4 heteroatoms. The molecule has 0 aromatic rings. The first-order valence-electron chi connectivity index (χ1n) is 13.8. The number of nitrogens with zero attached hydrogens (tertiary/aromatic N) is 1. The van der Waals surface area contributed by atoms with Gasteiger partial charge in [-0.15, -0.1) is 0 Å². The molecule has 0 aromatic heterocycles. The van der Waals surface area contributed by atoms with Gasteiger partial charge in [0.1, 0.15) is 17.4 Å². The first kappa shape index (κ1) is 22.0. The fraction of sp³-hybridized carbons (Fsp3) is 0.964. The highest BCUT2D eigenvalue weighted by molar-refractivity contribution is 5.83. The topological polar surface area (TPSA) is 57.5 Å². The lowest BCUT2D eigenvalue weighted by atomic mass is 9.51. The molecule has 4 aliphatic carbocycles. The van der Waals surface area contributed by atoms with Gasteiger partial charge >= 0.3 is 0 Å². The number of likely N-dealkylation sites (N-methyl/N-ethyl adjacent to an activating group) is 1. The van der Waals surface area contributed by atoms with Crippen LogP contribution in [0.15, 0.2) is 0 Å². The maximum atomic E-state index is 13.3. The molecule has 6 fully saturated rings. The van der Waals surface area contributed by atoms with Crippen molar-refractivity contribution >= 4 is 5.78 Å². The summed E-state index contributed by atoms with van der Waals surface area (Å²) in [5.74, 6) is 4.87. The molecule has 0 aromatic carbocycles. The number of quaternary nitrogens is 1. The highest BCUT2D eigenvalue weighted by atomic mass is 16.3. The van der Waals surface area contributed by atoms with Crippen LogP contribution in [0.3, 0.4) is 0 Å². The lowest BCUT2D eigenvalue weighted by molar-refractivity contribution is -0.959. The van der Waals surface area contributed by atoms with E-state index in [2.05, 4.69) is 27.8 Å². The summed E-state index contributed by atoms with van der Waals surface area (Å²) in [5.41, 5.74) is -0.475. The van der Waals surface area contributed by atoms with E-state index in [0.29, 0.717) is 53.8 Å². The molecule has 0 amide bonds. The van der Waals surface area contributed by atoms with Crippen LogP contribution in [0, 0.1) is 52.8 Å². The molecular formula is C28H46NO3+. The van der Waals surface area contributed by atoms with E-state index in [-0.39, 0.29) is 17.4 Å². The van der Waals surface area contributed by atoms with Crippen molar-refractivity contribution in [2.75, 3.05) is 20.1 Å². The first-order valence-corrected chi connectivity index (χ1v) is 13.8. The maximum Gasteiger partial charge on any atom is 0.136 e. The van der Waals surface area contributed by atoms with Crippen molar-refractivity contribution in [2.24, 2.45) is 52.8 Å². The highest BCUT2D eigenvalue weighted by Gasteiger charge is 2.67. The molecule has 2 heterocycles. The molecule has 2 aliphatic heterocycles. The number of hydrogen-bond acceptors (Lipinski definition) is 3. The van der Waals surface area contributed by atoms with Crippen LogP contribution in [-0.2, 0) is 4.79 Å². The third-order valence-corrected chi connectivity index (χ3v) is 12.5. The molecule has 4 saturated carbocycles. The van der Waals surface area contributed by atoms with Crippen molar-refractivity contribution in [3.63, 3.8) is 0 Å². The van der Waals surface area contributed by atoms with E-state index in [1.807, 2.05) is 0 Å². The van der Waals surface area contributed by atoms with Crippen molar-refractivity contribution in [3.8, 4) is 0 Å². The van der Waals surface area contributed by atoms with Gasteiger partial charge in [-0.1, -0.05) is 13.8 Å². The number of aliphatic hydroxyl groups excluding tert-OH is 1. The van der Waals surface area contributed by atoms with Gasteiger partial charge in [-0.25, -0.2) is 0 Å². The van der Waals surface area contributed by atoms with Crippen LogP contribution in [-0.4, -0.2) is 58.4 Å². The van der Waals surface area contributed by atoms with E-state index in [9.17, 15) is 15.0 Å². The zero-order valence-electron chi connectivity index (χ0n) is 20.8. The van der Waals surface area contributed by atoms with Crippen LogP contribution in [0.2, 0.25) is 0 Å². The molecule has 6 rings (SSSR count). The highest BCUT2D eigenvalue weighted by Crippen LogP contribution is 2.67. The number of fused-ring (bicyclic) bond motifs is 8.